The molecule has 2 aromatic rings. The van der Waals surface area contributed by atoms with E-state index in [1.807, 2.05) is 18.2 Å². The molecular formula is C21H27NO. The van der Waals surface area contributed by atoms with E-state index < -0.39 is 0 Å². The van der Waals surface area contributed by atoms with E-state index in [9.17, 15) is 0 Å². The van der Waals surface area contributed by atoms with Crippen molar-refractivity contribution in [1.82, 2.24) is 4.90 Å². The lowest BCUT2D eigenvalue weighted by Crippen LogP contribution is -2.24. The first kappa shape index (κ1) is 17.3. The molecule has 0 spiro atoms. The summed E-state index contributed by atoms with van der Waals surface area (Å²) >= 11 is 0. The molecule has 2 nitrogen and oxygen atoms in total. The van der Waals surface area contributed by atoms with Crippen LogP contribution in [0.3, 0.4) is 0 Å². The van der Waals surface area contributed by atoms with E-state index in [1.165, 1.54) is 18.4 Å². The number of hydrogen-bond donors (Lipinski definition) is 0. The zero-order valence-corrected chi connectivity index (χ0v) is 14.2. The molecule has 0 radical (unpaired) electrons. The number of methoxy groups -OCH3 is 1. The lowest BCUT2D eigenvalue weighted by molar-refractivity contribution is 0.290. The Morgan fingerprint density at radius 2 is 1.74 bits per heavy atom. The van der Waals surface area contributed by atoms with Crippen LogP contribution in [-0.2, 0) is 6.54 Å². The molecule has 2 rings (SSSR count). The van der Waals surface area contributed by atoms with Crippen molar-refractivity contribution in [3.8, 4) is 5.75 Å². The SMILES string of the molecule is CCCCN(C/C=C/c1ccccc1OC)Cc1ccccc1. The van der Waals surface area contributed by atoms with E-state index in [-0.39, 0.29) is 0 Å². The molecule has 122 valence electrons. The van der Waals surface area contributed by atoms with Gasteiger partial charge in [-0.3, -0.25) is 4.90 Å². The highest BCUT2D eigenvalue weighted by atomic mass is 16.5. The van der Waals surface area contributed by atoms with Crippen LogP contribution in [0.25, 0.3) is 6.08 Å². The van der Waals surface area contributed by atoms with Crippen LogP contribution in [0.5, 0.6) is 5.75 Å². The average molecular weight is 309 g/mol. The molecule has 2 aromatic carbocycles. The number of ether oxygens (including phenoxy) is 1. The summed E-state index contributed by atoms with van der Waals surface area (Å²) in [5.41, 5.74) is 2.50. The van der Waals surface area contributed by atoms with Gasteiger partial charge in [-0.05, 0) is 24.6 Å². The first-order valence-corrected chi connectivity index (χ1v) is 8.39. The van der Waals surface area contributed by atoms with Gasteiger partial charge in [-0.15, -0.1) is 0 Å². The molecular weight excluding hydrogens is 282 g/mol. The highest BCUT2D eigenvalue weighted by molar-refractivity contribution is 5.57. The second-order valence-corrected chi connectivity index (χ2v) is 5.72. The van der Waals surface area contributed by atoms with Crippen LogP contribution in [-0.4, -0.2) is 25.1 Å². The van der Waals surface area contributed by atoms with E-state index >= 15 is 0 Å². The molecule has 2 heteroatoms. The Labute approximate surface area is 140 Å². The number of unbranched alkanes of at least 4 members (excludes halogenated alkanes) is 1. The van der Waals surface area contributed by atoms with Crippen molar-refractivity contribution in [1.29, 1.82) is 0 Å². The maximum absolute atomic E-state index is 5.40. The Hall–Kier alpha value is -2.06. The van der Waals surface area contributed by atoms with Crippen LogP contribution >= 0.6 is 0 Å². The van der Waals surface area contributed by atoms with Gasteiger partial charge in [0.05, 0.1) is 7.11 Å². The fourth-order valence-electron chi connectivity index (χ4n) is 2.59. The first-order chi connectivity index (χ1) is 11.3. The quantitative estimate of drug-likeness (QED) is 0.645. The minimum atomic E-state index is 0.923. The molecule has 0 heterocycles. The zero-order chi connectivity index (χ0) is 16.3. The predicted molar refractivity (Wildman–Crippen MR) is 98.7 cm³/mol. The van der Waals surface area contributed by atoms with Gasteiger partial charge < -0.3 is 4.74 Å². The summed E-state index contributed by atoms with van der Waals surface area (Å²) in [5.74, 6) is 0.923. The van der Waals surface area contributed by atoms with Crippen molar-refractivity contribution in [3.05, 3.63) is 71.8 Å². The van der Waals surface area contributed by atoms with Gasteiger partial charge in [0.25, 0.3) is 0 Å². The lowest BCUT2D eigenvalue weighted by atomic mass is 10.1. The monoisotopic (exact) mass is 309 g/mol. The number of benzene rings is 2. The Bertz CT molecular complexity index is 592. The third-order valence-electron chi connectivity index (χ3n) is 3.88. The van der Waals surface area contributed by atoms with Gasteiger partial charge in [-0.1, -0.05) is 74.0 Å². The Balaban J connectivity index is 1.98. The van der Waals surface area contributed by atoms with Crippen LogP contribution in [0, 0.1) is 0 Å². The molecule has 0 unspecified atom stereocenters. The minimum absolute atomic E-state index is 0.923. The molecule has 0 aliphatic heterocycles. The molecule has 0 aliphatic carbocycles. The van der Waals surface area contributed by atoms with Crippen LogP contribution < -0.4 is 4.74 Å². The third-order valence-corrected chi connectivity index (χ3v) is 3.88. The highest BCUT2D eigenvalue weighted by Crippen LogP contribution is 2.18. The Morgan fingerprint density at radius 1 is 1.00 bits per heavy atom. The maximum Gasteiger partial charge on any atom is 0.126 e. The molecule has 0 saturated heterocycles. The van der Waals surface area contributed by atoms with Crippen molar-refractivity contribution >= 4 is 6.08 Å². The molecule has 0 aromatic heterocycles. The summed E-state index contributed by atoms with van der Waals surface area (Å²) in [7, 11) is 1.72. The fraction of sp³-hybridized carbons (Fsp3) is 0.333. The summed E-state index contributed by atoms with van der Waals surface area (Å²) in [4.78, 5) is 2.49. The smallest absolute Gasteiger partial charge is 0.126 e. The maximum atomic E-state index is 5.40. The highest BCUT2D eigenvalue weighted by Gasteiger charge is 2.04. The van der Waals surface area contributed by atoms with Gasteiger partial charge in [0, 0.05) is 18.7 Å². The van der Waals surface area contributed by atoms with Gasteiger partial charge in [-0.25, -0.2) is 0 Å². The van der Waals surface area contributed by atoms with Crippen LogP contribution in [0.1, 0.15) is 30.9 Å². The summed E-state index contributed by atoms with van der Waals surface area (Å²) < 4.78 is 5.40. The zero-order valence-electron chi connectivity index (χ0n) is 14.2. The van der Waals surface area contributed by atoms with Crippen molar-refractivity contribution < 1.29 is 4.74 Å². The van der Waals surface area contributed by atoms with Crippen molar-refractivity contribution in [3.63, 3.8) is 0 Å². The van der Waals surface area contributed by atoms with E-state index in [0.29, 0.717) is 0 Å². The Morgan fingerprint density at radius 3 is 2.48 bits per heavy atom. The minimum Gasteiger partial charge on any atom is -0.496 e. The van der Waals surface area contributed by atoms with E-state index in [2.05, 4.69) is 60.4 Å². The third kappa shape index (κ3) is 5.91. The normalized spacial score (nSPS) is 11.3. The Kier molecular flexibility index (Phi) is 7.41. The first-order valence-electron chi connectivity index (χ1n) is 8.39. The summed E-state index contributed by atoms with van der Waals surface area (Å²) in [5, 5.41) is 0. The van der Waals surface area contributed by atoms with Crippen LogP contribution in [0.4, 0.5) is 0 Å². The molecule has 23 heavy (non-hydrogen) atoms. The number of para-hydroxylation sites is 1. The standard InChI is InChI=1S/C21H27NO/c1-3-4-16-22(18-19-11-6-5-7-12-19)17-10-14-20-13-8-9-15-21(20)23-2/h5-15H,3-4,16-18H2,1-2H3/b14-10+. The van der Waals surface area contributed by atoms with E-state index in [4.69, 9.17) is 4.74 Å². The number of hydrogen-bond acceptors (Lipinski definition) is 2. The van der Waals surface area contributed by atoms with Crippen molar-refractivity contribution in [2.45, 2.75) is 26.3 Å². The topological polar surface area (TPSA) is 12.5 Å². The fourth-order valence-corrected chi connectivity index (χ4v) is 2.59. The molecule has 0 aliphatic rings. The molecule has 0 bridgehead atoms. The van der Waals surface area contributed by atoms with Gasteiger partial charge in [0.1, 0.15) is 5.75 Å². The molecule has 0 saturated carbocycles. The lowest BCUT2D eigenvalue weighted by Gasteiger charge is -2.20. The summed E-state index contributed by atoms with van der Waals surface area (Å²) in [6, 6.07) is 18.8. The van der Waals surface area contributed by atoms with Crippen molar-refractivity contribution in [2.75, 3.05) is 20.2 Å². The van der Waals surface area contributed by atoms with Gasteiger partial charge in [0.2, 0.25) is 0 Å². The molecule has 0 atom stereocenters. The summed E-state index contributed by atoms with van der Waals surface area (Å²) in [6.45, 7) is 5.32. The average Bonchev–Trinajstić information content (AvgIpc) is 2.60. The second kappa shape index (κ2) is 9.86. The molecule has 0 N–H and O–H groups in total. The number of rotatable bonds is 9. The van der Waals surface area contributed by atoms with Crippen LogP contribution in [0.15, 0.2) is 60.7 Å². The van der Waals surface area contributed by atoms with E-state index in [0.717, 1.165) is 30.9 Å². The predicted octanol–water partition coefficient (Wildman–Crippen LogP) is 5.01. The van der Waals surface area contributed by atoms with Crippen molar-refractivity contribution in [2.24, 2.45) is 0 Å². The number of nitrogens with zero attached hydrogens (tertiary/aromatic N) is 1. The second-order valence-electron chi connectivity index (χ2n) is 5.72. The molecule has 0 fully saturated rings. The molecule has 0 amide bonds. The van der Waals surface area contributed by atoms with Gasteiger partial charge in [0.15, 0.2) is 0 Å². The van der Waals surface area contributed by atoms with Gasteiger partial charge in [-0.2, -0.15) is 0 Å². The van der Waals surface area contributed by atoms with Crippen LogP contribution in [0.2, 0.25) is 0 Å². The summed E-state index contributed by atoms with van der Waals surface area (Å²) in [6.07, 6.45) is 6.84. The van der Waals surface area contributed by atoms with Gasteiger partial charge >= 0.3 is 0 Å². The van der Waals surface area contributed by atoms with E-state index in [1.54, 1.807) is 7.11 Å². The largest absolute Gasteiger partial charge is 0.496 e.